The van der Waals surface area contributed by atoms with Gasteiger partial charge in [-0.25, -0.2) is 4.79 Å². The molecular formula is C14H15NO5. The van der Waals surface area contributed by atoms with Crippen molar-refractivity contribution in [3.05, 3.63) is 30.0 Å². The van der Waals surface area contributed by atoms with E-state index in [2.05, 4.69) is 5.16 Å². The zero-order valence-electron chi connectivity index (χ0n) is 11.4. The second-order valence-electron chi connectivity index (χ2n) is 4.38. The SMILES string of the molecule is COc1cccc(OC(C)C)c1-c1cc(C(=O)O)no1. The van der Waals surface area contributed by atoms with E-state index in [4.69, 9.17) is 19.1 Å². The molecule has 0 spiro atoms. The maximum atomic E-state index is 10.9. The minimum absolute atomic E-state index is 0.0391. The predicted molar refractivity (Wildman–Crippen MR) is 71.2 cm³/mol. The lowest BCUT2D eigenvalue weighted by molar-refractivity contribution is 0.0686. The summed E-state index contributed by atoms with van der Waals surface area (Å²) < 4.78 is 16.1. The molecule has 0 radical (unpaired) electrons. The number of methoxy groups -OCH3 is 1. The molecule has 1 aromatic heterocycles. The number of rotatable bonds is 5. The Morgan fingerprint density at radius 1 is 1.35 bits per heavy atom. The molecule has 0 atom stereocenters. The molecule has 0 aliphatic rings. The van der Waals surface area contributed by atoms with Gasteiger partial charge in [0.15, 0.2) is 11.5 Å². The van der Waals surface area contributed by atoms with Crippen LogP contribution < -0.4 is 9.47 Å². The molecule has 20 heavy (non-hydrogen) atoms. The molecule has 6 heteroatoms. The van der Waals surface area contributed by atoms with Gasteiger partial charge in [-0.05, 0) is 26.0 Å². The molecule has 0 aliphatic heterocycles. The number of aromatic nitrogens is 1. The molecule has 0 aliphatic carbocycles. The van der Waals surface area contributed by atoms with Crippen LogP contribution in [0.25, 0.3) is 11.3 Å². The molecule has 2 rings (SSSR count). The van der Waals surface area contributed by atoms with Crippen molar-refractivity contribution in [3.8, 4) is 22.8 Å². The van der Waals surface area contributed by atoms with E-state index in [-0.39, 0.29) is 17.6 Å². The Hall–Kier alpha value is -2.50. The Morgan fingerprint density at radius 3 is 2.60 bits per heavy atom. The second-order valence-corrected chi connectivity index (χ2v) is 4.38. The fourth-order valence-electron chi connectivity index (χ4n) is 1.77. The van der Waals surface area contributed by atoms with Crippen LogP contribution in [-0.4, -0.2) is 29.4 Å². The first-order valence-corrected chi connectivity index (χ1v) is 6.07. The van der Waals surface area contributed by atoms with Gasteiger partial charge >= 0.3 is 5.97 Å². The van der Waals surface area contributed by atoms with Crippen LogP contribution in [-0.2, 0) is 0 Å². The monoisotopic (exact) mass is 277 g/mol. The fourth-order valence-corrected chi connectivity index (χ4v) is 1.77. The van der Waals surface area contributed by atoms with Crippen molar-refractivity contribution >= 4 is 5.97 Å². The Kier molecular flexibility index (Phi) is 3.93. The van der Waals surface area contributed by atoms with Crippen LogP contribution in [0.2, 0.25) is 0 Å². The van der Waals surface area contributed by atoms with Gasteiger partial charge in [0.05, 0.1) is 13.2 Å². The summed E-state index contributed by atoms with van der Waals surface area (Å²) in [6.07, 6.45) is -0.0391. The summed E-state index contributed by atoms with van der Waals surface area (Å²) >= 11 is 0. The largest absolute Gasteiger partial charge is 0.496 e. The third-order valence-electron chi connectivity index (χ3n) is 2.55. The van der Waals surface area contributed by atoms with Crippen LogP contribution in [0.3, 0.4) is 0 Å². The summed E-state index contributed by atoms with van der Waals surface area (Å²) in [6.45, 7) is 3.79. The molecule has 2 aromatic rings. The van der Waals surface area contributed by atoms with Crippen molar-refractivity contribution in [3.63, 3.8) is 0 Å². The normalized spacial score (nSPS) is 10.6. The van der Waals surface area contributed by atoms with Gasteiger partial charge < -0.3 is 19.1 Å². The number of ether oxygens (including phenoxy) is 2. The maximum absolute atomic E-state index is 10.9. The quantitative estimate of drug-likeness (QED) is 0.905. The zero-order valence-corrected chi connectivity index (χ0v) is 11.4. The number of benzene rings is 1. The van der Waals surface area contributed by atoms with Crippen LogP contribution in [0.15, 0.2) is 28.8 Å². The summed E-state index contributed by atoms with van der Waals surface area (Å²) in [7, 11) is 1.52. The van der Waals surface area contributed by atoms with E-state index < -0.39 is 5.97 Å². The lowest BCUT2D eigenvalue weighted by Gasteiger charge is -2.15. The van der Waals surface area contributed by atoms with Gasteiger partial charge in [-0.1, -0.05) is 11.2 Å². The fraction of sp³-hybridized carbons (Fsp3) is 0.286. The second kappa shape index (κ2) is 5.64. The number of aromatic carboxylic acids is 1. The topological polar surface area (TPSA) is 81.8 Å². The Balaban J connectivity index is 2.54. The lowest BCUT2D eigenvalue weighted by Crippen LogP contribution is -2.06. The number of carboxylic acids is 1. The first-order chi connectivity index (χ1) is 9.52. The van der Waals surface area contributed by atoms with Crippen LogP contribution >= 0.6 is 0 Å². The molecule has 1 N–H and O–H groups in total. The molecule has 106 valence electrons. The highest BCUT2D eigenvalue weighted by molar-refractivity contribution is 5.87. The average Bonchev–Trinajstić information content (AvgIpc) is 2.87. The smallest absolute Gasteiger partial charge is 0.358 e. The van der Waals surface area contributed by atoms with Gasteiger partial charge in [-0.3, -0.25) is 0 Å². The van der Waals surface area contributed by atoms with Crippen molar-refractivity contribution in [2.75, 3.05) is 7.11 Å². The average molecular weight is 277 g/mol. The van der Waals surface area contributed by atoms with E-state index >= 15 is 0 Å². The van der Waals surface area contributed by atoms with Crippen LogP contribution in [0.4, 0.5) is 0 Å². The van der Waals surface area contributed by atoms with Crippen molar-refractivity contribution in [2.45, 2.75) is 20.0 Å². The summed E-state index contributed by atoms with van der Waals surface area (Å²) in [5.74, 6) is 0.209. The zero-order chi connectivity index (χ0) is 14.7. The van der Waals surface area contributed by atoms with E-state index in [1.807, 2.05) is 13.8 Å². The number of hydrogen-bond donors (Lipinski definition) is 1. The third kappa shape index (κ3) is 2.74. The number of nitrogens with zero attached hydrogens (tertiary/aromatic N) is 1. The molecule has 0 saturated carbocycles. The van der Waals surface area contributed by atoms with Crippen LogP contribution in [0, 0.1) is 0 Å². The molecular weight excluding hydrogens is 262 g/mol. The van der Waals surface area contributed by atoms with Gasteiger partial charge in [-0.15, -0.1) is 0 Å². The number of hydrogen-bond acceptors (Lipinski definition) is 5. The standard InChI is InChI=1S/C14H15NO5/c1-8(2)19-11-6-4-5-10(18-3)13(11)12-7-9(14(16)17)15-20-12/h4-8H,1-3H3,(H,16,17). The minimum Gasteiger partial charge on any atom is -0.496 e. The summed E-state index contributed by atoms with van der Waals surface area (Å²) in [5, 5.41) is 12.4. The van der Waals surface area contributed by atoms with Gasteiger partial charge in [-0.2, -0.15) is 0 Å². The molecule has 6 nitrogen and oxygen atoms in total. The van der Waals surface area contributed by atoms with Crippen molar-refractivity contribution in [1.82, 2.24) is 5.16 Å². The van der Waals surface area contributed by atoms with E-state index in [1.165, 1.54) is 13.2 Å². The van der Waals surface area contributed by atoms with Gasteiger partial charge in [0.1, 0.15) is 17.1 Å². The van der Waals surface area contributed by atoms with Crippen molar-refractivity contribution in [1.29, 1.82) is 0 Å². The van der Waals surface area contributed by atoms with E-state index in [9.17, 15) is 4.79 Å². The highest BCUT2D eigenvalue weighted by atomic mass is 16.5. The minimum atomic E-state index is -1.15. The molecule has 1 heterocycles. The molecule has 0 bridgehead atoms. The van der Waals surface area contributed by atoms with E-state index in [0.717, 1.165) is 0 Å². The Morgan fingerprint density at radius 2 is 2.05 bits per heavy atom. The van der Waals surface area contributed by atoms with Crippen LogP contribution in [0.5, 0.6) is 11.5 Å². The summed E-state index contributed by atoms with van der Waals surface area (Å²) in [5.41, 5.74) is 0.380. The molecule has 0 saturated heterocycles. The lowest BCUT2D eigenvalue weighted by atomic mass is 10.1. The first-order valence-electron chi connectivity index (χ1n) is 6.07. The van der Waals surface area contributed by atoms with E-state index in [0.29, 0.717) is 17.1 Å². The molecule has 0 amide bonds. The highest BCUT2D eigenvalue weighted by Gasteiger charge is 2.20. The summed E-state index contributed by atoms with van der Waals surface area (Å²) in [4.78, 5) is 10.9. The van der Waals surface area contributed by atoms with Gasteiger partial charge in [0.25, 0.3) is 0 Å². The third-order valence-corrected chi connectivity index (χ3v) is 2.55. The predicted octanol–water partition coefficient (Wildman–Crippen LogP) is 2.84. The first kappa shape index (κ1) is 13.9. The van der Waals surface area contributed by atoms with Gasteiger partial charge in [0, 0.05) is 6.07 Å². The number of carboxylic acid groups (broad SMARTS) is 1. The molecule has 1 aromatic carbocycles. The van der Waals surface area contributed by atoms with Crippen molar-refractivity contribution < 1.29 is 23.9 Å². The van der Waals surface area contributed by atoms with Crippen molar-refractivity contribution in [2.24, 2.45) is 0 Å². The Bertz CT molecular complexity index is 618. The highest BCUT2D eigenvalue weighted by Crippen LogP contribution is 2.39. The van der Waals surface area contributed by atoms with Crippen LogP contribution in [0.1, 0.15) is 24.3 Å². The number of carbonyl (C=O) groups is 1. The summed E-state index contributed by atoms with van der Waals surface area (Å²) in [6, 6.07) is 6.63. The molecule has 0 fully saturated rings. The molecule has 0 unspecified atom stereocenters. The maximum Gasteiger partial charge on any atom is 0.358 e. The Labute approximate surface area is 115 Å². The van der Waals surface area contributed by atoms with E-state index in [1.54, 1.807) is 18.2 Å². The van der Waals surface area contributed by atoms with Gasteiger partial charge in [0.2, 0.25) is 0 Å².